The monoisotopic (exact) mass is 491 g/mol. The van der Waals surface area contributed by atoms with Crippen molar-refractivity contribution in [1.82, 2.24) is 4.90 Å². The second kappa shape index (κ2) is 9.61. The van der Waals surface area contributed by atoms with Gasteiger partial charge in [0, 0.05) is 7.11 Å². The zero-order valence-electron chi connectivity index (χ0n) is 15.2. The molecule has 1 aliphatic rings. The van der Waals surface area contributed by atoms with Gasteiger partial charge in [-0.2, -0.15) is 0 Å². The second-order valence-corrected chi connectivity index (χ2v) is 7.85. The standard InChI is InChI=1S/C18H22INO5S/c1-5-11(2)25-16-13(19)8-12(9-14(16)24-4)10-15-17(21)20(6-7-23-3)18(22)26-15/h8-11H,5-7H2,1-4H3/b15-10+/t11-/m0/s1. The zero-order valence-corrected chi connectivity index (χ0v) is 18.2. The van der Waals surface area contributed by atoms with Gasteiger partial charge in [-0.3, -0.25) is 14.5 Å². The van der Waals surface area contributed by atoms with Crippen LogP contribution in [0.1, 0.15) is 25.8 Å². The number of amides is 2. The summed E-state index contributed by atoms with van der Waals surface area (Å²) in [7, 11) is 3.11. The Morgan fingerprint density at radius 2 is 2.04 bits per heavy atom. The van der Waals surface area contributed by atoms with E-state index in [1.54, 1.807) is 13.2 Å². The number of imide groups is 1. The number of halogens is 1. The molecule has 0 N–H and O–H groups in total. The minimum Gasteiger partial charge on any atom is -0.493 e. The van der Waals surface area contributed by atoms with E-state index in [1.165, 1.54) is 12.0 Å². The fourth-order valence-corrected chi connectivity index (χ4v) is 3.87. The first kappa shape index (κ1) is 21.0. The van der Waals surface area contributed by atoms with Gasteiger partial charge in [-0.1, -0.05) is 6.92 Å². The summed E-state index contributed by atoms with van der Waals surface area (Å²) in [5.74, 6) is 0.987. The number of ether oxygens (including phenoxy) is 3. The van der Waals surface area contributed by atoms with Gasteiger partial charge in [0.25, 0.3) is 11.1 Å². The van der Waals surface area contributed by atoms with Gasteiger partial charge in [-0.15, -0.1) is 0 Å². The molecule has 0 saturated carbocycles. The molecule has 142 valence electrons. The number of benzene rings is 1. The first-order chi connectivity index (χ1) is 12.4. The molecule has 0 spiro atoms. The molecular formula is C18H22INO5S. The number of thioether (sulfide) groups is 1. The molecule has 0 unspecified atom stereocenters. The Balaban J connectivity index is 2.29. The van der Waals surface area contributed by atoms with Gasteiger partial charge in [0.15, 0.2) is 11.5 Å². The Morgan fingerprint density at radius 3 is 2.65 bits per heavy atom. The van der Waals surface area contributed by atoms with Gasteiger partial charge >= 0.3 is 0 Å². The highest BCUT2D eigenvalue weighted by atomic mass is 127. The largest absolute Gasteiger partial charge is 0.493 e. The molecule has 26 heavy (non-hydrogen) atoms. The Kier molecular flexibility index (Phi) is 7.78. The van der Waals surface area contributed by atoms with Crippen molar-refractivity contribution in [3.63, 3.8) is 0 Å². The summed E-state index contributed by atoms with van der Waals surface area (Å²) >= 11 is 3.12. The number of hydrogen-bond donors (Lipinski definition) is 0. The highest BCUT2D eigenvalue weighted by Crippen LogP contribution is 2.37. The fraction of sp³-hybridized carbons (Fsp3) is 0.444. The number of rotatable bonds is 8. The minimum atomic E-state index is -0.300. The van der Waals surface area contributed by atoms with Crippen LogP contribution >= 0.6 is 34.4 Å². The Bertz CT molecular complexity index is 722. The van der Waals surface area contributed by atoms with Crippen molar-refractivity contribution < 1.29 is 23.8 Å². The van der Waals surface area contributed by atoms with Crippen molar-refractivity contribution in [2.75, 3.05) is 27.4 Å². The van der Waals surface area contributed by atoms with Crippen molar-refractivity contribution >= 4 is 51.6 Å². The maximum atomic E-state index is 12.4. The SMILES string of the molecule is CC[C@H](C)Oc1c(I)cc(/C=C2/SC(=O)N(CCOC)C2=O)cc1OC. The van der Waals surface area contributed by atoms with Crippen LogP contribution in [-0.2, 0) is 9.53 Å². The summed E-state index contributed by atoms with van der Waals surface area (Å²) in [5.41, 5.74) is 0.778. The van der Waals surface area contributed by atoms with Crippen LogP contribution < -0.4 is 9.47 Å². The fourth-order valence-electron chi connectivity index (χ4n) is 2.25. The first-order valence-electron chi connectivity index (χ1n) is 8.19. The van der Waals surface area contributed by atoms with Crippen molar-refractivity contribution in [2.45, 2.75) is 26.4 Å². The molecular weight excluding hydrogens is 469 g/mol. The zero-order chi connectivity index (χ0) is 19.3. The lowest BCUT2D eigenvalue weighted by Gasteiger charge is -2.17. The molecule has 1 aromatic carbocycles. The summed E-state index contributed by atoms with van der Waals surface area (Å²) in [6.45, 7) is 4.62. The van der Waals surface area contributed by atoms with Gasteiger partial charge in [0.1, 0.15) is 0 Å². The van der Waals surface area contributed by atoms with E-state index in [4.69, 9.17) is 14.2 Å². The van der Waals surface area contributed by atoms with Gasteiger partial charge in [-0.05, 0) is 71.5 Å². The number of methoxy groups -OCH3 is 2. The van der Waals surface area contributed by atoms with Crippen molar-refractivity contribution in [2.24, 2.45) is 0 Å². The van der Waals surface area contributed by atoms with E-state index in [1.807, 2.05) is 19.1 Å². The molecule has 1 atom stereocenters. The average Bonchev–Trinajstić information content (AvgIpc) is 2.88. The molecule has 8 heteroatoms. The van der Waals surface area contributed by atoms with Crippen LogP contribution in [0.4, 0.5) is 4.79 Å². The van der Waals surface area contributed by atoms with E-state index in [-0.39, 0.29) is 23.8 Å². The lowest BCUT2D eigenvalue weighted by Crippen LogP contribution is -2.31. The van der Waals surface area contributed by atoms with Gasteiger partial charge in [0.2, 0.25) is 0 Å². The number of carbonyl (C=O) groups excluding carboxylic acids is 2. The highest BCUT2D eigenvalue weighted by molar-refractivity contribution is 14.1. The van der Waals surface area contributed by atoms with E-state index in [0.717, 1.165) is 27.3 Å². The third-order valence-electron chi connectivity index (χ3n) is 3.84. The van der Waals surface area contributed by atoms with Crippen LogP contribution in [0.3, 0.4) is 0 Å². The Labute approximate surface area is 171 Å². The van der Waals surface area contributed by atoms with E-state index in [0.29, 0.717) is 23.0 Å². The van der Waals surface area contributed by atoms with Crippen LogP contribution in [0.25, 0.3) is 6.08 Å². The Hall–Kier alpha value is -1.26. The summed E-state index contributed by atoms with van der Waals surface area (Å²) in [5, 5.41) is -0.281. The van der Waals surface area contributed by atoms with E-state index in [9.17, 15) is 9.59 Å². The van der Waals surface area contributed by atoms with Gasteiger partial charge in [-0.25, -0.2) is 0 Å². The average molecular weight is 491 g/mol. The first-order valence-corrected chi connectivity index (χ1v) is 10.1. The lowest BCUT2D eigenvalue weighted by atomic mass is 10.1. The molecule has 6 nitrogen and oxygen atoms in total. The van der Waals surface area contributed by atoms with Crippen LogP contribution in [0, 0.1) is 3.57 Å². The molecule has 0 bridgehead atoms. The van der Waals surface area contributed by atoms with E-state index < -0.39 is 0 Å². The number of nitrogens with zero attached hydrogens (tertiary/aromatic N) is 1. The van der Waals surface area contributed by atoms with Crippen LogP contribution in [0.2, 0.25) is 0 Å². The molecule has 1 heterocycles. The van der Waals surface area contributed by atoms with Crippen LogP contribution in [0.5, 0.6) is 11.5 Å². The molecule has 1 aliphatic heterocycles. The maximum Gasteiger partial charge on any atom is 0.293 e. The summed E-state index contributed by atoms with van der Waals surface area (Å²) in [6, 6.07) is 3.72. The molecule has 0 radical (unpaired) electrons. The quantitative estimate of drug-likeness (QED) is 0.402. The molecule has 0 aromatic heterocycles. The predicted octanol–water partition coefficient (Wildman–Crippen LogP) is 4.16. The molecule has 2 rings (SSSR count). The van der Waals surface area contributed by atoms with Crippen LogP contribution in [-0.4, -0.2) is 49.5 Å². The molecule has 1 aromatic rings. The Morgan fingerprint density at radius 1 is 1.31 bits per heavy atom. The van der Waals surface area contributed by atoms with E-state index >= 15 is 0 Å². The molecule has 0 aliphatic carbocycles. The van der Waals surface area contributed by atoms with E-state index in [2.05, 4.69) is 29.5 Å². The predicted molar refractivity (Wildman–Crippen MR) is 111 cm³/mol. The summed E-state index contributed by atoms with van der Waals surface area (Å²) in [4.78, 5) is 26.0. The molecule has 1 fully saturated rings. The van der Waals surface area contributed by atoms with Gasteiger partial charge in [0.05, 0.1) is 34.8 Å². The second-order valence-electron chi connectivity index (χ2n) is 5.70. The van der Waals surface area contributed by atoms with Crippen molar-refractivity contribution in [3.8, 4) is 11.5 Å². The summed E-state index contributed by atoms with van der Waals surface area (Å²) < 4.78 is 17.2. The third-order valence-corrected chi connectivity index (χ3v) is 5.54. The third kappa shape index (κ3) is 4.92. The molecule has 2 amide bonds. The smallest absolute Gasteiger partial charge is 0.293 e. The maximum absolute atomic E-state index is 12.4. The highest BCUT2D eigenvalue weighted by Gasteiger charge is 2.34. The van der Waals surface area contributed by atoms with Crippen LogP contribution in [0.15, 0.2) is 17.0 Å². The summed E-state index contributed by atoms with van der Waals surface area (Å²) in [6.07, 6.45) is 2.66. The van der Waals surface area contributed by atoms with Gasteiger partial charge < -0.3 is 14.2 Å². The number of carbonyl (C=O) groups is 2. The normalized spacial score (nSPS) is 17.1. The van der Waals surface area contributed by atoms with Crippen molar-refractivity contribution in [1.29, 1.82) is 0 Å². The van der Waals surface area contributed by atoms with Crippen molar-refractivity contribution in [3.05, 3.63) is 26.2 Å². The lowest BCUT2D eigenvalue weighted by molar-refractivity contribution is -0.123. The molecule has 1 saturated heterocycles. The minimum absolute atomic E-state index is 0.0700. The topological polar surface area (TPSA) is 65.1 Å². The number of hydrogen-bond acceptors (Lipinski definition) is 6.